The lowest BCUT2D eigenvalue weighted by molar-refractivity contribution is 0.302. The Kier molecular flexibility index (Phi) is 5.46. The van der Waals surface area contributed by atoms with Crippen LogP contribution in [0.4, 0.5) is 14.6 Å². The van der Waals surface area contributed by atoms with E-state index < -0.39 is 18.0 Å². The molecule has 25 heavy (non-hydrogen) atoms. The molecule has 3 N–H and O–H groups in total. The summed E-state index contributed by atoms with van der Waals surface area (Å²) in [6.07, 6.45) is 0.314. The van der Waals surface area contributed by atoms with Crippen molar-refractivity contribution in [2.45, 2.75) is 32.1 Å². The third-order valence-electron chi connectivity index (χ3n) is 3.60. The van der Waals surface area contributed by atoms with Crippen LogP contribution in [-0.2, 0) is 13.0 Å². The summed E-state index contributed by atoms with van der Waals surface area (Å²) in [6, 6.07) is -0.843. The molecular formula is C13H13BrClF2N7S. The maximum Gasteiger partial charge on any atom is 0.243 e. The zero-order valence-electron chi connectivity index (χ0n) is 12.9. The number of hydrogen-bond acceptors (Lipinski definition) is 7. The maximum absolute atomic E-state index is 15.0. The summed E-state index contributed by atoms with van der Waals surface area (Å²) in [7, 11) is 0. The Labute approximate surface area is 159 Å². The van der Waals surface area contributed by atoms with Gasteiger partial charge in [0.25, 0.3) is 0 Å². The molecule has 2 atom stereocenters. The van der Waals surface area contributed by atoms with Crippen molar-refractivity contribution in [3.05, 3.63) is 33.2 Å². The van der Waals surface area contributed by atoms with Gasteiger partial charge < -0.3 is 11.1 Å². The quantitative estimate of drug-likeness (QED) is 0.597. The highest BCUT2D eigenvalue weighted by Gasteiger charge is 2.25. The predicted molar refractivity (Wildman–Crippen MR) is 95.1 cm³/mol. The van der Waals surface area contributed by atoms with E-state index in [4.69, 9.17) is 17.3 Å². The number of rotatable bonds is 6. The Morgan fingerprint density at radius 1 is 1.52 bits per heavy atom. The number of nitrogens with zero attached hydrogens (tertiary/aromatic N) is 5. The van der Waals surface area contributed by atoms with Gasteiger partial charge in [0, 0.05) is 11.6 Å². The van der Waals surface area contributed by atoms with Gasteiger partial charge in [0.2, 0.25) is 5.28 Å². The Hall–Kier alpha value is -1.43. The normalized spacial score (nSPS) is 14.0. The molecule has 12 heteroatoms. The molecular weight excluding hydrogens is 440 g/mol. The van der Waals surface area contributed by atoms with Crippen LogP contribution in [-0.4, -0.2) is 35.6 Å². The molecule has 3 rings (SSSR count). The number of hydrogen-bond donors (Lipinski definition) is 2. The lowest BCUT2D eigenvalue weighted by Gasteiger charge is -2.11. The molecule has 0 fully saturated rings. The van der Waals surface area contributed by atoms with Crippen molar-refractivity contribution in [2.75, 3.05) is 5.32 Å². The van der Waals surface area contributed by atoms with E-state index in [2.05, 4.69) is 40.1 Å². The fraction of sp³-hybridized carbons (Fsp3) is 0.385. The Balaban J connectivity index is 2.02. The summed E-state index contributed by atoms with van der Waals surface area (Å²) in [5, 5.41) is 6.90. The van der Waals surface area contributed by atoms with Crippen molar-refractivity contribution < 1.29 is 8.78 Å². The molecule has 0 amide bonds. The standard InChI is InChI=1S/C13H13BrClF2N7S/c1-5(16)8(18)2-7-9(17)10-12(19-3-6-4-20-25-23-6)21-13(15)22-24(10)11(7)14/h4-5,8H,2-3,18H2,1H3,(H,19,21,22)/t5-,8+/m0/s1. The summed E-state index contributed by atoms with van der Waals surface area (Å²) >= 11 is 10.3. The molecule has 0 saturated heterocycles. The topological polar surface area (TPSA) is 94.0 Å². The molecule has 0 radical (unpaired) electrons. The molecule has 0 aliphatic heterocycles. The summed E-state index contributed by atoms with van der Waals surface area (Å²) in [6.45, 7) is 1.62. The van der Waals surface area contributed by atoms with Crippen LogP contribution in [0, 0.1) is 5.82 Å². The SMILES string of the molecule is C[C@H](F)[C@H](N)Cc1c(F)c2c(NCc3cnsn3)nc(Cl)nn2c1Br. The van der Waals surface area contributed by atoms with Crippen LogP contribution in [0.1, 0.15) is 18.2 Å². The summed E-state index contributed by atoms with van der Waals surface area (Å²) in [5.41, 5.74) is 6.72. The number of nitrogens with two attached hydrogens (primary N) is 1. The Morgan fingerprint density at radius 3 is 2.92 bits per heavy atom. The number of nitrogens with one attached hydrogen (secondary N) is 1. The summed E-state index contributed by atoms with van der Waals surface area (Å²) in [4.78, 5) is 4.04. The third-order valence-corrected chi connectivity index (χ3v) is 5.09. The van der Waals surface area contributed by atoms with Gasteiger partial charge in [-0.2, -0.15) is 13.7 Å². The third kappa shape index (κ3) is 3.73. The van der Waals surface area contributed by atoms with E-state index in [0.717, 1.165) is 11.7 Å². The molecule has 3 aromatic rings. The highest BCUT2D eigenvalue weighted by molar-refractivity contribution is 9.10. The molecule has 7 nitrogen and oxygen atoms in total. The van der Waals surface area contributed by atoms with Crippen molar-refractivity contribution in [2.24, 2.45) is 5.73 Å². The first-order valence-corrected chi connectivity index (χ1v) is 9.10. The van der Waals surface area contributed by atoms with Gasteiger partial charge in [0.05, 0.1) is 30.2 Å². The monoisotopic (exact) mass is 451 g/mol. The average molecular weight is 453 g/mol. The zero-order valence-corrected chi connectivity index (χ0v) is 16.0. The molecule has 0 aliphatic carbocycles. The minimum Gasteiger partial charge on any atom is -0.362 e. The first-order chi connectivity index (χ1) is 11.9. The molecule has 134 valence electrons. The molecule has 0 spiro atoms. The minimum absolute atomic E-state index is 0.000504. The Bertz CT molecular complexity index is 887. The molecule has 0 aromatic carbocycles. The highest BCUT2D eigenvalue weighted by atomic mass is 79.9. The van der Waals surface area contributed by atoms with Crippen molar-refractivity contribution >= 4 is 50.6 Å². The number of anilines is 1. The lowest BCUT2D eigenvalue weighted by atomic mass is 10.1. The van der Waals surface area contributed by atoms with Gasteiger partial charge in [-0.25, -0.2) is 13.3 Å². The van der Waals surface area contributed by atoms with Gasteiger partial charge in [-0.1, -0.05) is 0 Å². The summed E-state index contributed by atoms with van der Waals surface area (Å²) in [5.74, 6) is -0.391. The first-order valence-electron chi connectivity index (χ1n) is 7.20. The average Bonchev–Trinajstić information content (AvgIpc) is 3.15. The molecule has 0 saturated carbocycles. The van der Waals surface area contributed by atoms with Crippen LogP contribution in [0.5, 0.6) is 0 Å². The Morgan fingerprint density at radius 2 is 2.28 bits per heavy atom. The lowest BCUT2D eigenvalue weighted by Crippen LogP contribution is -2.32. The molecule has 0 aliphatic rings. The van der Waals surface area contributed by atoms with E-state index in [1.807, 2.05) is 0 Å². The van der Waals surface area contributed by atoms with Crippen molar-refractivity contribution in [3.63, 3.8) is 0 Å². The van der Waals surface area contributed by atoms with E-state index in [-0.39, 0.29) is 35.1 Å². The van der Waals surface area contributed by atoms with E-state index in [9.17, 15) is 8.78 Å². The highest BCUT2D eigenvalue weighted by Crippen LogP contribution is 2.31. The molecule has 0 bridgehead atoms. The van der Waals surface area contributed by atoms with Crippen LogP contribution in [0.3, 0.4) is 0 Å². The first kappa shape index (κ1) is 18.4. The maximum atomic E-state index is 15.0. The van der Waals surface area contributed by atoms with E-state index in [1.54, 1.807) is 6.20 Å². The summed E-state index contributed by atoms with van der Waals surface area (Å²) < 4.78 is 37.9. The smallest absolute Gasteiger partial charge is 0.243 e. The van der Waals surface area contributed by atoms with Gasteiger partial charge >= 0.3 is 0 Å². The second-order valence-electron chi connectivity index (χ2n) is 5.37. The second-order valence-corrected chi connectivity index (χ2v) is 7.02. The zero-order chi connectivity index (χ0) is 18.1. The van der Waals surface area contributed by atoms with Gasteiger partial charge in [-0.15, -0.1) is 5.10 Å². The fourth-order valence-electron chi connectivity index (χ4n) is 2.23. The second kappa shape index (κ2) is 7.44. The van der Waals surface area contributed by atoms with Crippen molar-refractivity contribution in [1.29, 1.82) is 0 Å². The fourth-order valence-corrected chi connectivity index (χ4v) is 3.42. The van der Waals surface area contributed by atoms with Crippen LogP contribution >= 0.6 is 39.3 Å². The van der Waals surface area contributed by atoms with Crippen LogP contribution in [0.2, 0.25) is 5.28 Å². The van der Waals surface area contributed by atoms with Crippen molar-refractivity contribution in [1.82, 2.24) is 23.3 Å². The molecule has 3 aromatic heterocycles. The number of alkyl halides is 1. The van der Waals surface area contributed by atoms with Crippen LogP contribution in [0.15, 0.2) is 10.8 Å². The number of fused-ring (bicyclic) bond motifs is 1. The number of halogens is 4. The van der Waals surface area contributed by atoms with Crippen LogP contribution < -0.4 is 11.1 Å². The minimum atomic E-state index is -1.28. The van der Waals surface area contributed by atoms with Crippen LogP contribution in [0.25, 0.3) is 5.52 Å². The van der Waals surface area contributed by atoms with Crippen molar-refractivity contribution in [3.8, 4) is 0 Å². The van der Waals surface area contributed by atoms with Gasteiger partial charge in [-0.3, -0.25) is 0 Å². The predicted octanol–water partition coefficient (Wildman–Crippen LogP) is 2.98. The molecule has 0 unspecified atom stereocenters. The van der Waals surface area contributed by atoms with E-state index in [0.29, 0.717) is 10.3 Å². The van der Waals surface area contributed by atoms with Gasteiger partial charge in [0.1, 0.15) is 16.3 Å². The molecule has 3 heterocycles. The number of aromatic nitrogens is 5. The van der Waals surface area contributed by atoms with Gasteiger partial charge in [0.15, 0.2) is 11.6 Å². The van der Waals surface area contributed by atoms with E-state index in [1.165, 1.54) is 11.4 Å². The largest absolute Gasteiger partial charge is 0.362 e. The van der Waals surface area contributed by atoms with Gasteiger partial charge in [-0.05, 0) is 40.9 Å². The van der Waals surface area contributed by atoms with E-state index >= 15 is 0 Å².